The van der Waals surface area contributed by atoms with E-state index in [1.807, 2.05) is 52.8 Å². The fourth-order valence-electron chi connectivity index (χ4n) is 4.26. The summed E-state index contributed by atoms with van der Waals surface area (Å²) in [6.07, 6.45) is 0.734. The van der Waals surface area contributed by atoms with Crippen LogP contribution < -0.4 is 14.4 Å². The Morgan fingerprint density at radius 2 is 1.61 bits per heavy atom. The molecule has 0 aliphatic carbocycles. The summed E-state index contributed by atoms with van der Waals surface area (Å²) in [4.78, 5) is 28.8. The van der Waals surface area contributed by atoms with Gasteiger partial charge in [0.05, 0.1) is 17.7 Å². The molecular formula is C32H41N3O5S. The lowest BCUT2D eigenvalue weighted by atomic mass is 10.1. The number of carbonyl (C=O) groups excluding carboxylic acids is 2. The molecule has 2 atom stereocenters. The number of sulfonamides is 1. The highest BCUT2D eigenvalue weighted by Crippen LogP contribution is 2.27. The third kappa shape index (κ3) is 7.88. The second kappa shape index (κ2) is 13.7. The first-order valence-corrected chi connectivity index (χ1v) is 15.2. The van der Waals surface area contributed by atoms with Crippen molar-refractivity contribution >= 4 is 27.5 Å². The van der Waals surface area contributed by atoms with E-state index in [9.17, 15) is 18.0 Å². The number of anilines is 1. The molecular weight excluding hydrogens is 538 g/mol. The number of ether oxygens (including phenoxy) is 1. The number of aryl methyl sites for hydroxylation is 3. The summed E-state index contributed by atoms with van der Waals surface area (Å²) in [6.45, 7) is 10.8. The number of methoxy groups -OCH3 is 1. The van der Waals surface area contributed by atoms with Crippen molar-refractivity contribution in [1.29, 1.82) is 0 Å². The van der Waals surface area contributed by atoms with Crippen LogP contribution in [-0.2, 0) is 26.2 Å². The molecule has 2 amide bonds. The minimum atomic E-state index is -4.12. The SMILES string of the molecule is CC[C@@H](C)NC(=O)[C@H](C)N(Cc1cccc(OC)c1)C(=O)CN(c1ccc(C)c(C)c1)S(=O)(=O)c1ccc(C)cc1. The minimum absolute atomic E-state index is 0.0762. The number of hydrogen-bond acceptors (Lipinski definition) is 5. The molecule has 0 aliphatic rings. The normalized spacial score (nSPS) is 12.8. The molecule has 220 valence electrons. The largest absolute Gasteiger partial charge is 0.497 e. The smallest absolute Gasteiger partial charge is 0.264 e. The van der Waals surface area contributed by atoms with Crippen molar-refractivity contribution in [2.75, 3.05) is 18.0 Å². The first-order chi connectivity index (χ1) is 19.4. The molecule has 0 bridgehead atoms. The van der Waals surface area contributed by atoms with Crippen molar-refractivity contribution in [1.82, 2.24) is 10.2 Å². The molecule has 0 saturated heterocycles. The predicted molar refractivity (Wildman–Crippen MR) is 163 cm³/mol. The summed E-state index contributed by atoms with van der Waals surface area (Å²) in [5.74, 6) is -0.200. The van der Waals surface area contributed by atoms with Crippen LogP contribution in [0.4, 0.5) is 5.69 Å². The van der Waals surface area contributed by atoms with Gasteiger partial charge in [-0.2, -0.15) is 0 Å². The maximum Gasteiger partial charge on any atom is 0.264 e. The molecule has 0 unspecified atom stereocenters. The topological polar surface area (TPSA) is 96.0 Å². The first kappa shape index (κ1) is 31.7. The van der Waals surface area contributed by atoms with Gasteiger partial charge in [0.1, 0.15) is 18.3 Å². The van der Waals surface area contributed by atoms with Gasteiger partial charge in [-0.25, -0.2) is 8.42 Å². The van der Waals surface area contributed by atoms with Gasteiger partial charge in [0, 0.05) is 12.6 Å². The first-order valence-electron chi connectivity index (χ1n) is 13.8. The second-order valence-electron chi connectivity index (χ2n) is 10.5. The number of hydrogen-bond donors (Lipinski definition) is 1. The zero-order valence-corrected chi connectivity index (χ0v) is 25.8. The van der Waals surface area contributed by atoms with Gasteiger partial charge in [-0.1, -0.05) is 42.8 Å². The summed E-state index contributed by atoms with van der Waals surface area (Å²) in [6, 6.07) is 18.1. The van der Waals surface area contributed by atoms with Crippen LogP contribution >= 0.6 is 0 Å². The van der Waals surface area contributed by atoms with E-state index in [4.69, 9.17) is 4.74 Å². The average molecular weight is 580 g/mol. The summed E-state index contributed by atoms with van der Waals surface area (Å²) < 4.78 is 34.5. The highest BCUT2D eigenvalue weighted by atomic mass is 32.2. The predicted octanol–water partition coefficient (Wildman–Crippen LogP) is 5.15. The lowest BCUT2D eigenvalue weighted by Gasteiger charge is -2.32. The lowest BCUT2D eigenvalue weighted by molar-refractivity contribution is -0.139. The zero-order valence-electron chi connectivity index (χ0n) is 25.0. The molecule has 41 heavy (non-hydrogen) atoms. The molecule has 3 rings (SSSR count). The van der Waals surface area contributed by atoms with Crippen molar-refractivity contribution in [3.8, 4) is 5.75 Å². The monoisotopic (exact) mass is 579 g/mol. The standard InChI is InChI=1S/C32H41N3O5S/c1-8-25(5)33-32(37)26(6)34(20-27-10-9-11-29(19-27)40-7)31(36)21-35(28-15-14-23(3)24(4)18-28)41(38,39)30-16-12-22(2)13-17-30/h9-19,25-26H,8,20-21H2,1-7H3,(H,33,37)/t25-,26+/m1/s1. The maximum absolute atomic E-state index is 14.1. The van der Waals surface area contributed by atoms with E-state index in [1.54, 1.807) is 62.6 Å². The summed E-state index contributed by atoms with van der Waals surface area (Å²) in [5.41, 5.74) is 3.94. The Hall–Kier alpha value is -3.85. The van der Waals surface area contributed by atoms with Crippen molar-refractivity contribution in [2.45, 2.75) is 71.5 Å². The Balaban J connectivity index is 2.06. The van der Waals surface area contributed by atoms with Crippen molar-refractivity contribution in [3.05, 3.63) is 89.0 Å². The fourth-order valence-corrected chi connectivity index (χ4v) is 5.67. The zero-order chi connectivity index (χ0) is 30.3. The lowest BCUT2D eigenvalue weighted by Crippen LogP contribution is -2.52. The van der Waals surface area contributed by atoms with Crippen molar-refractivity contribution < 1.29 is 22.7 Å². The van der Waals surface area contributed by atoms with Crippen molar-refractivity contribution in [3.63, 3.8) is 0 Å². The van der Waals surface area contributed by atoms with Crippen molar-refractivity contribution in [2.24, 2.45) is 0 Å². The third-order valence-electron chi connectivity index (χ3n) is 7.32. The number of rotatable bonds is 12. The Morgan fingerprint density at radius 3 is 2.22 bits per heavy atom. The van der Waals surface area contributed by atoms with Crippen LogP contribution in [0.5, 0.6) is 5.75 Å². The van der Waals surface area contributed by atoms with E-state index in [2.05, 4.69) is 5.32 Å². The molecule has 3 aromatic rings. The van der Waals surface area contributed by atoms with E-state index in [-0.39, 0.29) is 23.4 Å². The number of carbonyl (C=O) groups is 2. The molecule has 1 N–H and O–H groups in total. The molecule has 0 radical (unpaired) electrons. The molecule has 3 aromatic carbocycles. The quantitative estimate of drug-likeness (QED) is 0.320. The highest BCUT2D eigenvalue weighted by molar-refractivity contribution is 7.92. The van der Waals surface area contributed by atoms with Gasteiger partial charge in [-0.15, -0.1) is 0 Å². The average Bonchev–Trinajstić information content (AvgIpc) is 2.95. The van der Waals surface area contributed by atoms with E-state index in [0.29, 0.717) is 11.4 Å². The molecule has 0 saturated carbocycles. The molecule has 0 heterocycles. The maximum atomic E-state index is 14.1. The van der Waals surface area contributed by atoms with Gasteiger partial charge in [0.15, 0.2) is 0 Å². The number of nitrogens with one attached hydrogen (secondary N) is 1. The van der Waals surface area contributed by atoms with Gasteiger partial charge in [-0.3, -0.25) is 13.9 Å². The van der Waals surface area contributed by atoms with Crippen LogP contribution in [0.2, 0.25) is 0 Å². The number of benzene rings is 3. The van der Waals surface area contributed by atoms with Crippen LogP contribution in [0.1, 0.15) is 49.4 Å². The van der Waals surface area contributed by atoms with E-state index in [1.165, 1.54) is 4.90 Å². The summed E-state index contributed by atoms with van der Waals surface area (Å²) in [5, 5.41) is 2.94. The number of amides is 2. The molecule has 0 spiro atoms. The Kier molecular flexibility index (Phi) is 10.6. The summed E-state index contributed by atoms with van der Waals surface area (Å²) >= 11 is 0. The minimum Gasteiger partial charge on any atom is -0.497 e. The molecule has 8 nitrogen and oxygen atoms in total. The Labute approximate surface area is 244 Å². The van der Waals surface area contributed by atoms with E-state index in [0.717, 1.165) is 33.0 Å². The van der Waals surface area contributed by atoms with E-state index < -0.39 is 28.5 Å². The van der Waals surface area contributed by atoms with E-state index >= 15 is 0 Å². The van der Waals surface area contributed by atoms with Gasteiger partial charge < -0.3 is 15.0 Å². The number of nitrogens with zero attached hydrogens (tertiary/aromatic N) is 2. The van der Waals surface area contributed by atoms with Crippen LogP contribution in [-0.4, -0.2) is 50.9 Å². The van der Waals surface area contributed by atoms with Crippen LogP contribution in [0, 0.1) is 20.8 Å². The Morgan fingerprint density at radius 1 is 0.927 bits per heavy atom. The van der Waals surface area contributed by atoms with Gasteiger partial charge in [0.2, 0.25) is 11.8 Å². The molecule has 0 fully saturated rings. The fraction of sp³-hybridized carbons (Fsp3) is 0.375. The Bertz CT molecular complexity index is 1470. The van der Waals surface area contributed by atoms with Crippen LogP contribution in [0.3, 0.4) is 0 Å². The molecule has 0 aliphatic heterocycles. The second-order valence-corrected chi connectivity index (χ2v) is 12.3. The van der Waals surface area contributed by atoms with Crippen LogP contribution in [0.15, 0.2) is 71.6 Å². The highest BCUT2D eigenvalue weighted by Gasteiger charge is 2.33. The summed E-state index contributed by atoms with van der Waals surface area (Å²) in [7, 11) is -2.56. The van der Waals surface area contributed by atoms with Gasteiger partial charge in [-0.05, 0) is 94.1 Å². The molecule has 0 aromatic heterocycles. The molecule has 9 heteroatoms. The van der Waals surface area contributed by atoms with Crippen LogP contribution in [0.25, 0.3) is 0 Å². The van der Waals surface area contributed by atoms with Gasteiger partial charge in [0.25, 0.3) is 10.0 Å². The van der Waals surface area contributed by atoms with Gasteiger partial charge >= 0.3 is 0 Å². The third-order valence-corrected chi connectivity index (χ3v) is 9.11.